The highest BCUT2D eigenvalue weighted by atomic mass is 16.5. The fraction of sp³-hybridized carbons (Fsp3) is 0.636. The Labute approximate surface area is 95.0 Å². The molecule has 1 heterocycles. The molecule has 0 aromatic rings. The zero-order valence-electron chi connectivity index (χ0n) is 9.56. The zero-order valence-corrected chi connectivity index (χ0v) is 9.56. The molecule has 1 saturated carbocycles. The van der Waals surface area contributed by atoms with Gasteiger partial charge in [0.2, 0.25) is 5.91 Å². The van der Waals surface area contributed by atoms with Crippen molar-refractivity contribution in [2.24, 2.45) is 10.9 Å². The molecule has 0 bridgehead atoms. The van der Waals surface area contributed by atoms with E-state index in [1.807, 2.05) is 0 Å². The van der Waals surface area contributed by atoms with Gasteiger partial charge in [-0.05, 0) is 12.8 Å². The van der Waals surface area contributed by atoms with E-state index < -0.39 is 0 Å². The largest absolute Gasteiger partial charge is 0.389 e. The summed E-state index contributed by atoms with van der Waals surface area (Å²) in [6.07, 6.45) is 5.61. The van der Waals surface area contributed by atoms with Crippen molar-refractivity contribution in [1.82, 2.24) is 10.6 Å². The molecule has 0 aromatic heterocycles. The summed E-state index contributed by atoms with van der Waals surface area (Å²) in [6.45, 7) is 0. The summed E-state index contributed by atoms with van der Waals surface area (Å²) in [5, 5.41) is 5.66. The number of ether oxygens (including phenoxy) is 1. The molecule has 1 amide bonds. The van der Waals surface area contributed by atoms with Crippen LogP contribution in [0.1, 0.15) is 12.8 Å². The molecule has 2 unspecified atom stereocenters. The van der Waals surface area contributed by atoms with E-state index in [-0.39, 0.29) is 17.9 Å². The van der Waals surface area contributed by atoms with Crippen molar-refractivity contribution in [2.75, 3.05) is 14.1 Å². The predicted octanol–water partition coefficient (Wildman–Crippen LogP) is 0.0414. The smallest absolute Gasteiger partial charge is 0.231 e. The van der Waals surface area contributed by atoms with Crippen LogP contribution in [0.4, 0.5) is 0 Å². The van der Waals surface area contributed by atoms with Gasteiger partial charge in [0.1, 0.15) is 12.0 Å². The van der Waals surface area contributed by atoms with E-state index in [0.29, 0.717) is 6.10 Å². The Hall–Kier alpha value is -1.36. The number of hydrogen-bond donors (Lipinski definition) is 2. The molecular formula is C11H17N3O2. The van der Waals surface area contributed by atoms with Gasteiger partial charge in [0.05, 0.1) is 6.10 Å². The van der Waals surface area contributed by atoms with Crippen LogP contribution in [0.5, 0.6) is 0 Å². The average Bonchev–Trinajstić information content (AvgIpc) is 3.11. The molecule has 0 radical (unpaired) electrons. The number of nitrogens with one attached hydrogen (secondary N) is 2. The minimum atomic E-state index is -0.312. The van der Waals surface area contributed by atoms with Gasteiger partial charge in [0.15, 0.2) is 0 Å². The van der Waals surface area contributed by atoms with Crippen molar-refractivity contribution in [3.63, 3.8) is 0 Å². The van der Waals surface area contributed by atoms with Crippen molar-refractivity contribution in [3.05, 3.63) is 11.9 Å². The van der Waals surface area contributed by atoms with Crippen LogP contribution in [0.3, 0.4) is 0 Å². The van der Waals surface area contributed by atoms with Gasteiger partial charge in [-0.2, -0.15) is 0 Å². The number of carbonyl (C=O) groups is 1. The number of amides is 1. The number of hydrogen-bond acceptors (Lipinski definition) is 4. The second-order valence-electron chi connectivity index (χ2n) is 4.02. The van der Waals surface area contributed by atoms with Gasteiger partial charge in [0.25, 0.3) is 0 Å². The van der Waals surface area contributed by atoms with Crippen molar-refractivity contribution in [1.29, 1.82) is 0 Å². The molecule has 16 heavy (non-hydrogen) atoms. The van der Waals surface area contributed by atoms with E-state index in [1.165, 1.54) is 0 Å². The molecule has 88 valence electrons. The Morgan fingerprint density at radius 2 is 2.25 bits per heavy atom. The van der Waals surface area contributed by atoms with Gasteiger partial charge in [0, 0.05) is 32.2 Å². The quantitative estimate of drug-likeness (QED) is 0.707. The minimum absolute atomic E-state index is 0.0441. The summed E-state index contributed by atoms with van der Waals surface area (Å²) in [7, 11) is 3.42. The molecule has 5 nitrogen and oxygen atoms in total. The second kappa shape index (κ2) is 4.65. The van der Waals surface area contributed by atoms with E-state index in [4.69, 9.17) is 4.74 Å². The fourth-order valence-electron chi connectivity index (χ4n) is 1.76. The molecule has 1 aliphatic heterocycles. The first-order valence-electron chi connectivity index (χ1n) is 5.54. The van der Waals surface area contributed by atoms with Crippen LogP contribution < -0.4 is 10.6 Å². The molecule has 0 aromatic carbocycles. The van der Waals surface area contributed by atoms with Crippen LogP contribution in [-0.4, -0.2) is 38.4 Å². The van der Waals surface area contributed by atoms with Crippen molar-refractivity contribution in [2.45, 2.75) is 25.0 Å². The van der Waals surface area contributed by atoms with Gasteiger partial charge in [-0.15, -0.1) is 0 Å². The van der Waals surface area contributed by atoms with Crippen LogP contribution in [0, 0.1) is 5.92 Å². The first kappa shape index (κ1) is 11.1. The molecule has 2 N–H and O–H groups in total. The number of rotatable bonds is 4. The first-order valence-corrected chi connectivity index (χ1v) is 5.54. The standard InChI is InChI=1S/C11H17N3O2/c1-12-8-5-14-6-9(16-7-3-4-7)10(8)11(15)13-2/h5-7,9-10,12H,3-4H2,1-2H3,(H,13,15). The number of aliphatic imine (C=N–C) groups is 1. The molecule has 0 saturated heterocycles. The molecule has 2 atom stereocenters. The Kier molecular flexibility index (Phi) is 3.24. The maximum Gasteiger partial charge on any atom is 0.231 e. The minimum Gasteiger partial charge on any atom is -0.389 e. The first-order chi connectivity index (χ1) is 7.76. The Morgan fingerprint density at radius 1 is 1.50 bits per heavy atom. The number of nitrogens with zero attached hydrogens (tertiary/aromatic N) is 1. The maximum absolute atomic E-state index is 11.8. The Bertz CT molecular complexity index is 334. The Balaban J connectivity index is 2.12. The summed E-state index contributed by atoms with van der Waals surface area (Å²) in [4.78, 5) is 15.9. The summed E-state index contributed by atoms with van der Waals surface area (Å²) >= 11 is 0. The molecule has 2 aliphatic rings. The monoisotopic (exact) mass is 223 g/mol. The lowest BCUT2D eigenvalue weighted by Gasteiger charge is -2.27. The van der Waals surface area contributed by atoms with Gasteiger partial charge in [-0.1, -0.05) is 0 Å². The third-order valence-corrected chi connectivity index (χ3v) is 2.80. The Morgan fingerprint density at radius 3 is 2.81 bits per heavy atom. The highest BCUT2D eigenvalue weighted by Crippen LogP contribution is 2.29. The molecule has 1 fully saturated rings. The number of carbonyl (C=O) groups excluding carboxylic acids is 1. The van der Waals surface area contributed by atoms with Crippen LogP contribution in [0.15, 0.2) is 16.9 Å². The van der Waals surface area contributed by atoms with Gasteiger partial charge < -0.3 is 15.4 Å². The molecule has 0 spiro atoms. The predicted molar refractivity (Wildman–Crippen MR) is 61.1 cm³/mol. The second-order valence-corrected chi connectivity index (χ2v) is 4.02. The van der Waals surface area contributed by atoms with E-state index in [9.17, 15) is 4.79 Å². The van der Waals surface area contributed by atoms with Gasteiger partial charge >= 0.3 is 0 Å². The SMILES string of the molecule is CNC(=O)C1C(NC)=CN=CC1OC1CC1. The molecule has 2 rings (SSSR count). The van der Waals surface area contributed by atoms with Crippen molar-refractivity contribution >= 4 is 12.1 Å². The maximum atomic E-state index is 11.8. The van der Waals surface area contributed by atoms with E-state index in [2.05, 4.69) is 15.6 Å². The van der Waals surface area contributed by atoms with Crippen LogP contribution in [0.2, 0.25) is 0 Å². The highest BCUT2D eigenvalue weighted by Gasteiger charge is 2.36. The highest BCUT2D eigenvalue weighted by molar-refractivity contribution is 5.87. The van der Waals surface area contributed by atoms with E-state index in [1.54, 1.807) is 26.5 Å². The third-order valence-electron chi connectivity index (χ3n) is 2.80. The van der Waals surface area contributed by atoms with Crippen molar-refractivity contribution < 1.29 is 9.53 Å². The van der Waals surface area contributed by atoms with E-state index >= 15 is 0 Å². The molecule has 5 heteroatoms. The summed E-state index contributed by atoms with van der Waals surface area (Å²) in [5.74, 6) is -0.356. The lowest BCUT2D eigenvalue weighted by molar-refractivity contribution is -0.126. The average molecular weight is 223 g/mol. The normalized spacial score (nSPS) is 28.5. The van der Waals surface area contributed by atoms with Crippen molar-refractivity contribution in [3.8, 4) is 0 Å². The van der Waals surface area contributed by atoms with E-state index in [0.717, 1.165) is 18.5 Å². The molecular weight excluding hydrogens is 206 g/mol. The van der Waals surface area contributed by atoms with Gasteiger partial charge in [-0.3, -0.25) is 9.79 Å². The summed E-state index contributed by atoms with van der Waals surface area (Å²) < 4.78 is 5.78. The lowest BCUT2D eigenvalue weighted by Crippen LogP contribution is -2.43. The zero-order chi connectivity index (χ0) is 11.5. The van der Waals surface area contributed by atoms with Crippen LogP contribution >= 0.6 is 0 Å². The summed E-state index contributed by atoms with van der Waals surface area (Å²) in [5.41, 5.74) is 0.799. The van der Waals surface area contributed by atoms with Crippen LogP contribution in [-0.2, 0) is 9.53 Å². The van der Waals surface area contributed by atoms with Gasteiger partial charge in [-0.25, -0.2) is 0 Å². The lowest BCUT2D eigenvalue weighted by atomic mass is 9.96. The molecule has 1 aliphatic carbocycles. The third kappa shape index (κ3) is 2.24. The summed E-state index contributed by atoms with van der Waals surface area (Å²) in [6, 6.07) is 0. The fourth-order valence-corrected chi connectivity index (χ4v) is 1.76. The topological polar surface area (TPSA) is 62.7 Å². The van der Waals surface area contributed by atoms with Crippen LogP contribution in [0.25, 0.3) is 0 Å².